The summed E-state index contributed by atoms with van der Waals surface area (Å²) in [6, 6.07) is 14.5. The van der Waals surface area contributed by atoms with Gasteiger partial charge in [0.15, 0.2) is 0 Å². The molecule has 0 spiro atoms. The van der Waals surface area contributed by atoms with Crippen LogP contribution in [0.15, 0.2) is 64.7 Å². The molecular weight excluding hydrogens is 491 g/mol. The van der Waals surface area contributed by atoms with E-state index in [9.17, 15) is 13.2 Å². The molecule has 0 saturated carbocycles. The Bertz CT molecular complexity index is 1460. The molecule has 5 rings (SSSR count). The number of imidazole rings is 1. The van der Waals surface area contributed by atoms with Gasteiger partial charge in [-0.25, -0.2) is 9.98 Å². The molecule has 1 aliphatic heterocycles. The van der Waals surface area contributed by atoms with E-state index in [2.05, 4.69) is 48.7 Å². The average Bonchev–Trinajstić information content (AvgIpc) is 3.53. The normalized spacial score (nSPS) is 15.2. The highest BCUT2D eigenvalue weighted by molar-refractivity contribution is 6.04. The lowest BCUT2D eigenvalue weighted by Gasteiger charge is -2.33. The summed E-state index contributed by atoms with van der Waals surface area (Å²) >= 11 is 0. The Morgan fingerprint density at radius 1 is 1.05 bits per heavy atom. The third kappa shape index (κ3) is 4.98. The number of rotatable bonds is 5. The Morgan fingerprint density at radius 2 is 1.79 bits per heavy atom. The van der Waals surface area contributed by atoms with Gasteiger partial charge in [0, 0.05) is 54.8 Å². The van der Waals surface area contributed by atoms with E-state index in [1.807, 2.05) is 25.1 Å². The van der Waals surface area contributed by atoms with Crippen LogP contribution in [-0.2, 0) is 6.18 Å². The van der Waals surface area contributed by atoms with Crippen molar-refractivity contribution in [2.45, 2.75) is 31.9 Å². The number of piperidine rings is 1. The third-order valence-corrected chi connectivity index (χ3v) is 6.90. The van der Waals surface area contributed by atoms with Gasteiger partial charge in [0.1, 0.15) is 23.2 Å². The highest BCUT2D eigenvalue weighted by Gasteiger charge is 2.33. The largest absolute Gasteiger partial charge is 0.433 e. The van der Waals surface area contributed by atoms with Gasteiger partial charge in [-0.05, 0) is 44.7 Å². The maximum absolute atomic E-state index is 13.2. The number of H-pyrrole nitrogens is 2. The zero-order valence-corrected chi connectivity index (χ0v) is 21.2. The molecule has 38 heavy (non-hydrogen) atoms. The van der Waals surface area contributed by atoms with Gasteiger partial charge in [-0.15, -0.1) is 0 Å². The van der Waals surface area contributed by atoms with E-state index in [1.54, 1.807) is 13.1 Å². The number of nitrogens with zero attached hydrogens (tertiary/aromatic N) is 5. The fourth-order valence-corrected chi connectivity index (χ4v) is 5.00. The molecule has 1 aliphatic rings. The number of halogens is 3. The van der Waals surface area contributed by atoms with Gasteiger partial charge in [-0.3, -0.25) is 9.98 Å². The van der Waals surface area contributed by atoms with E-state index in [0.717, 1.165) is 66.8 Å². The maximum atomic E-state index is 13.2. The van der Waals surface area contributed by atoms with Crippen molar-refractivity contribution in [1.29, 1.82) is 0 Å². The molecule has 1 aromatic carbocycles. The fourth-order valence-electron chi connectivity index (χ4n) is 5.00. The molecule has 1 fully saturated rings. The second-order valence-corrected chi connectivity index (χ2v) is 9.30. The smallest absolute Gasteiger partial charge is 0.356 e. The van der Waals surface area contributed by atoms with Crippen molar-refractivity contribution in [3.63, 3.8) is 0 Å². The van der Waals surface area contributed by atoms with E-state index in [0.29, 0.717) is 22.6 Å². The van der Waals surface area contributed by atoms with E-state index >= 15 is 0 Å². The standard InChI is InChI=1S/C28H28F3N7/c1-17-24(18-7-5-4-6-8-18)37-25(35-17)19-10-13-38(14-11-19)27(33-3)21-16-22(36-26(21)32-2)20-9-12-34-23(15-20)28(29,30)31/h4-9,12,15-16,19,36H,2,10-11,13-14H2,1,3H3,(H,35,37). The molecule has 10 heteroatoms. The van der Waals surface area contributed by atoms with Gasteiger partial charge in [-0.2, -0.15) is 13.2 Å². The zero-order valence-electron chi connectivity index (χ0n) is 21.2. The minimum absolute atomic E-state index is 0.289. The summed E-state index contributed by atoms with van der Waals surface area (Å²) in [5.74, 6) is 2.46. The first-order valence-corrected chi connectivity index (χ1v) is 12.4. The number of aryl methyl sites for hydroxylation is 1. The first kappa shape index (κ1) is 25.4. The summed E-state index contributed by atoms with van der Waals surface area (Å²) < 4.78 is 39.6. The van der Waals surface area contributed by atoms with Crippen molar-refractivity contribution in [2.24, 2.45) is 9.98 Å². The van der Waals surface area contributed by atoms with Crippen molar-refractivity contribution < 1.29 is 13.2 Å². The van der Waals surface area contributed by atoms with Crippen molar-refractivity contribution in [3.8, 4) is 22.5 Å². The molecule has 0 atom stereocenters. The molecule has 0 radical (unpaired) electrons. The van der Waals surface area contributed by atoms with Crippen LogP contribution in [0, 0.1) is 6.92 Å². The number of amidine groups is 1. The van der Waals surface area contributed by atoms with Gasteiger partial charge in [-0.1, -0.05) is 30.3 Å². The van der Waals surface area contributed by atoms with Crippen LogP contribution in [0.4, 0.5) is 19.0 Å². The predicted octanol–water partition coefficient (Wildman–Crippen LogP) is 6.38. The first-order chi connectivity index (χ1) is 18.3. The topological polar surface area (TPSA) is 85.3 Å². The van der Waals surface area contributed by atoms with Gasteiger partial charge in [0.2, 0.25) is 0 Å². The molecule has 1 saturated heterocycles. The van der Waals surface area contributed by atoms with Gasteiger partial charge in [0.25, 0.3) is 0 Å². The number of nitrogens with one attached hydrogen (secondary N) is 2. The highest BCUT2D eigenvalue weighted by atomic mass is 19.4. The molecule has 3 aromatic heterocycles. The molecular formula is C28H28F3N7. The number of likely N-dealkylation sites (tertiary alicyclic amines) is 1. The minimum Gasteiger partial charge on any atom is -0.356 e. The van der Waals surface area contributed by atoms with Crippen LogP contribution in [0.25, 0.3) is 22.5 Å². The predicted molar refractivity (Wildman–Crippen MR) is 143 cm³/mol. The Hall–Kier alpha value is -4.21. The number of aliphatic imine (C=N–C) groups is 2. The molecule has 4 aromatic rings. The minimum atomic E-state index is -4.53. The van der Waals surface area contributed by atoms with Crippen LogP contribution in [0.3, 0.4) is 0 Å². The van der Waals surface area contributed by atoms with Crippen LogP contribution in [0.1, 0.15) is 41.5 Å². The van der Waals surface area contributed by atoms with E-state index in [-0.39, 0.29) is 5.92 Å². The fraction of sp³-hybridized carbons (Fsp3) is 0.286. The van der Waals surface area contributed by atoms with Crippen LogP contribution in [0.5, 0.6) is 0 Å². The number of aromatic nitrogens is 4. The summed E-state index contributed by atoms with van der Waals surface area (Å²) in [5.41, 5.74) is 3.72. The number of hydrogen-bond donors (Lipinski definition) is 2. The number of hydrogen-bond acceptors (Lipinski definition) is 4. The van der Waals surface area contributed by atoms with Crippen molar-refractivity contribution in [1.82, 2.24) is 24.8 Å². The van der Waals surface area contributed by atoms with E-state index in [4.69, 9.17) is 4.98 Å². The van der Waals surface area contributed by atoms with Crippen LogP contribution in [-0.4, -0.2) is 57.5 Å². The zero-order chi connectivity index (χ0) is 26.9. The third-order valence-electron chi connectivity index (χ3n) is 6.90. The Balaban J connectivity index is 1.34. The molecule has 0 bridgehead atoms. The lowest BCUT2D eigenvalue weighted by atomic mass is 9.95. The molecule has 4 heterocycles. The van der Waals surface area contributed by atoms with Gasteiger partial charge in [0.05, 0.1) is 11.3 Å². The van der Waals surface area contributed by atoms with Gasteiger partial charge < -0.3 is 14.9 Å². The molecule has 7 nitrogen and oxygen atoms in total. The lowest BCUT2D eigenvalue weighted by molar-refractivity contribution is -0.141. The van der Waals surface area contributed by atoms with Crippen LogP contribution < -0.4 is 0 Å². The maximum Gasteiger partial charge on any atom is 0.433 e. The van der Waals surface area contributed by atoms with Crippen LogP contribution in [0.2, 0.25) is 0 Å². The highest BCUT2D eigenvalue weighted by Crippen LogP contribution is 2.34. The number of benzene rings is 1. The summed E-state index contributed by atoms with van der Waals surface area (Å²) in [5, 5.41) is 0. The molecule has 196 valence electrons. The summed E-state index contributed by atoms with van der Waals surface area (Å²) in [6.07, 6.45) is -1.61. The van der Waals surface area contributed by atoms with Crippen LogP contribution >= 0.6 is 0 Å². The molecule has 2 N–H and O–H groups in total. The molecule has 0 amide bonds. The average molecular weight is 520 g/mol. The quantitative estimate of drug-likeness (QED) is 0.237. The van der Waals surface area contributed by atoms with E-state index < -0.39 is 11.9 Å². The number of pyridine rings is 1. The lowest BCUT2D eigenvalue weighted by Crippen LogP contribution is -2.38. The molecule has 0 unspecified atom stereocenters. The summed E-state index contributed by atoms with van der Waals surface area (Å²) in [4.78, 5) is 25.8. The molecule has 0 aliphatic carbocycles. The summed E-state index contributed by atoms with van der Waals surface area (Å²) in [7, 11) is 1.71. The van der Waals surface area contributed by atoms with Gasteiger partial charge >= 0.3 is 6.18 Å². The second-order valence-electron chi connectivity index (χ2n) is 9.30. The second kappa shape index (κ2) is 10.3. The Kier molecular flexibility index (Phi) is 6.88. The Labute approximate surface area is 218 Å². The van der Waals surface area contributed by atoms with Crippen molar-refractivity contribution >= 4 is 18.4 Å². The van der Waals surface area contributed by atoms with Crippen molar-refractivity contribution in [2.75, 3.05) is 20.1 Å². The monoisotopic (exact) mass is 519 g/mol. The van der Waals surface area contributed by atoms with E-state index in [1.165, 1.54) is 6.07 Å². The SMILES string of the molecule is C=Nc1[nH]c(-c2ccnc(C(F)(F)F)c2)cc1C(=NC)N1CCC(c2nc(-c3ccccc3)c(C)[nH]2)CC1. The van der Waals surface area contributed by atoms with Crippen molar-refractivity contribution in [3.05, 3.63) is 77.5 Å². The summed E-state index contributed by atoms with van der Waals surface area (Å²) in [6.45, 7) is 7.19. The first-order valence-electron chi connectivity index (χ1n) is 12.4. The number of alkyl halides is 3. The number of aromatic amines is 2. The Morgan fingerprint density at radius 3 is 2.45 bits per heavy atom.